The fraction of sp³-hybridized carbons (Fsp3) is 0.733. The number of hydrogen-bond donors (Lipinski definition) is 5. The van der Waals surface area contributed by atoms with Gasteiger partial charge in [0, 0.05) is 6.54 Å². The molecule has 3 amide bonds. The van der Waals surface area contributed by atoms with Gasteiger partial charge in [-0.05, 0) is 32.2 Å². The van der Waals surface area contributed by atoms with Crippen molar-refractivity contribution < 1.29 is 24.3 Å². The number of carbonyl (C=O) groups excluding carboxylic acids is 3. The zero-order valence-corrected chi connectivity index (χ0v) is 14.1. The van der Waals surface area contributed by atoms with Crippen LogP contribution in [0, 0.1) is 0 Å². The highest BCUT2D eigenvalue weighted by molar-refractivity contribution is 5.94. The van der Waals surface area contributed by atoms with E-state index in [4.69, 9.17) is 17.2 Å². The van der Waals surface area contributed by atoms with E-state index in [1.807, 2.05) is 0 Å². The van der Waals surface area contributed by atoms with Gasteiger partial charge in [-0.1, -0.05) is 6.42 Å². The number of carbonyl (C=O) groups is 4. The molecule has 3 atom stereocenters. The summed E-state index contributed by atoms with van der Waals surface area (Å²) in [6, 6.07) is -3.02. The lowest BCUT2D eigenvalue weighted by Crippen LogP contribution is -2.55. The van der Waals surface area contributed by atoms with Gasteiger partial charge < -0.3 is 32.5 Å². The van der Waals surface area contributed by atoms with Gasteiger partial charge in [0.15, 0.2) is 0 Å². The standard InChI is InChI=1S/C15H27N5O5/c16-6-2-1-4-9(17)13(22)19-10(8-12(18)21)14(23)20-7-3-5-11(20)15(24)25/h9-11H,1-8,16-17H2,(H2,18,21)(H,19,22)(H,24,25)/t9-,10-,11+/m0/s1. The summed E-state index contributed by atoms with van der Waals surface area (Å²) < 4.78 is 0. The molecule has 10 nitrogen and oxygen atoms in total. The summed E-state index contributed by atoms with van der Waals surface area (Å²) in [5, 5.41) is 11.6. The third kappa shape index (κ3) is 6.31. The van der Waals surface area contributed by atoms with Crippen molar-refractivity contribution in [2.75, 3.05) is 13.1 Å². The predicted octanol–water partition coefficient (Wildman–Crippen LogP) is -2.12. The molecule has 1 heterocycles. The highest BCUT2D eigenvalue weighted by Gasteiger charge is 2.38. The molecular weight excluding hydrogens is 330 g/mol. The quantitative estimate of drug-likeness (QED) is 0.277. The predicted molar refractivity (Wildman–Crippen MR) is 89.0 cm³/mol. The second kappa shape index (κ2) is 9.94. The molecule has 10 heteroatoms. The fourth-order valence-electron chi connectivity index (χ4n) is 2.81. The van der Waals surface area contributed by atoms with Crippen LogP contribution in [0.3, 0.4) is 0 Å². The molecule has 1 saturated heterocycles. The van der Waals surface area contributed by atoms with Crippen LogP contribution in [-0.4, -0.2) is 64.9 Å². The monoisotopic (exact) mass is 357 g/mol. The Hall–Kier alpha value is -2.20. The zero-order valence-electron chi connectivity index (χ0n) is 14.1. The van der Waals surface area contributed by atoms with E-state index >= 15 is 0 Å². The first kappa shape index (κ1) is 20.8. The lowest BCUT2D eigenvalue weighted by Gasteiger charge is -2.27. The Morgan fingerprint density at radius 3 is 2.48 bits per heavy atom. The van der Waals surface area contributed by atoms with Crippen molar-refractivity contribution in [1.29, 1.82) is 0 Å². The Morgan fingerprint density at radius 1 is 1.24 bits per heavy atom. The van der Waals surface area contributed by atoms with E-state index in [0.717, 1.165) is 11.3 Å². The summed E-state index contributed by atoms with van der Waals surface area (Å²) >= 11 is 0. The molecule has 142 valence electrons. The summed E-state index contributed by atoms with van der Waals surface area (Å²) in [6.45, 7) is 0.742. The van der Waals surface area contributed by atoms with Crippen molar-refractivity contribution in [2.45, 2.75) is 56.7 Å². The molecule has 0 bridgehead atoms. The minimum absolute atomic E-state index is 0.253. The second-order valence-corrected chi connectivity index (χ2v) is 6.15. The van der Waals surface area contributed by atoms with Crippen LogP contribution in [0.4, 0.5) is 0 Å². The number of primary amides is 1. The van der Waals surface area contributed by atoms with E-state index in [1.54, 1.807) is 0 Å². The number of aliphatic carboxylic acids is 1. The minimum atomic E-state index is -1.22. The maximum Gasteiger partial charge on any atom is 0.326 e. The SMILES string of the molecule is NCCCC[C@H](N)C(=O)N[C@@H](CC(N)=O)C(=O)N1CCC[C@@H]1C(=O)O. The molecule has 0 unspecified atom stereocenters. The van der Waals surface area contributed by atoms with E-state index in [1.165, 1.54) is 0 Å². The van der Waals surface area contributed by atoms with Gasteiger partial charge in [-0.3, -0.25) is 14.4 Å². The van der Waals surface area contributed by atoms with Gasteiger partial charge in [0.2, 0.25) is 17.7 Å². The van der Waals surface area contributed by atoms with Gasteiger partial charge in [0.1, 0.15) is 12.1 Å². The zero-order chi connectivity index (χ0) is 19.0. The van der Waals surface area contributed by atoms with Gasteiger partial charge >= 0.3 is 5.97 Å². The van der Waals surface area contributed by atoms with Gasteiger partial charge in [-0.15, -0.1) is 0 Å². The second-order valence-electron chi connectivity index (χ2n) is 6.15. The Balaban J connectivity index is 2.76. The molecule has 0 spiro atoms. The van der Waals surface area contributed by atoms with E-state index in [2.05, 4.69) is 5.32 Å². The van der Waals surface area contributed by atoms with Crippen LogP contribution in [0.5, 0.6) is 0 Å². The molecule has 0 aliphatic carbocycles. The van der Waals surface area contributed by atoms with Crippen LogP contribution in [0.1, 0.15) is 38.5 Å². The number of carboxylic acid groups (broad SMARTS) is 1. The number of carboxylic acids is 1. The van der Waals surface area contributed by atoms with Gasteiger partial charge in [-0.2, -0.15) is 0 Å². The first-order valence-corrected chi connectivity index (χ1v) is 8.35. The molecule has 1 fully saturated rings. The number of nitrogens with zero attached hydrogens (tertiary/aromatic N) is 1. The lowest BCUT2D eigenvalue weighted by molar-refractivity contribution is -0.149. The Labute approximate surface area is 146 Å². The van der Waals surface area contributed by atoms with Crippen LogP contribution in [0.25, 0.3) is 0 Å². The van der Waals surface area contributed by atoms with Crippen molar-refractivity contribution >= 4 is 23.7 Å². The third-order valence-electron chi connectivity index (χ3n) is 4.15. The molecule has 0 aromatic carbocycles. The average Bonchev–Trinajstić information content (AvgIpc) is 3.02. The number of hydrogen-bond acceptors (Lipinski definition) is 6. The number of unbranched alkanes of at least 4 members (excludes halogenated alkanes) is 1. The van der Waals surface area contributed by atoms with E-state index in [0.29, 0.717) is 32.2 Å². The number of likely N-dealkylation sites (tertiary alicyclic amines) is 1. The van der Waals surface area contributed by atoms with E-state index in [-0.39, 0.29) is 6.54 Å². The minimum Gasteiger partial charge on any atom is -0.480 e. The molecule has 25 heavy (non-hydrogen) atoms. The van der Waals surface area contributed by atoms with Crippen LogP contribution >= 0.6 is 0 Å². The first-order valence-electron chi connectivity index (χ1n) is 8.35. The number of nitrogens with two attached hydrogens (primary N) is 3. The van der Waals surface area contributed by atoms with Crippen molar-refractivity contribution in [3.8, 4) is 0 Å². The Kier molecular flexibility index (Phi) is 8.29. The van der Waals surface area contributed by atoms with Gasteiger partial charge in [0.25, 0.3) is 0 Å². The molecule has 0 aromatic rings. The molecular formula is C15H27N5O5. The van der Waals surface area contributed by atoms with Crippen molar-refractivity contribution in [1.82, 2.24) is 10.2 Å². The number of nitrogens with one attached hydrogen (secondary N) is 1. The van der Waals surface area contributed by atoms with Gasteiger partial charge in [-0.25, -0.2) is 4.79 Å². The normalized spacial score (nSPS) is 19.3. The summed E-state index contributed by atoms with van der Waals surface area (Å²) in [7, 11) is 0. The topological polar surface area (TPSA) is 182 Å². The number of amides is 3. The largest absolute Gasteiger partial charge is 0.480 e. The molecule has 1 aliphatic heterocycles. The van der Waals surface area contributed by atoms with Crippen LogP contribution in [-0.2, 0) is 19.2 Å². The highest BCUT2D eigenvalue weighted by Crippen LogP contribution is 2.19. The van der Waals surface area contributed by atoms with Crippen LogP contribution < -0.4 is 22.5 Å². The van der Waals surface area contributed by atoms with Crippen LogP contribution in [0.15, 0.2) is 0 Å². The summed E-state index contributed by atoms with van der Waals surface area (Å²) in [6.07, 6.45) is 2.23. The average molecular weight is 357 g/mol. The fourth-order valence-corrected chi connectivity index (χ4v) is 2.81. The molecule has 0 aromatic heterocycles. The van der Waals surface area contributed by atoms with Crippen molar-refractivity contribution in [3.05, 3.63) is 0 Å². The smallest absolute Gasteiger partial charge is 0.326 e. The van der Waals surface area contributed by atoms with E-state index in [9.17, 15) is 24.3 Å². The molecule has 0 saturated carbocycles. The Morgan fingerprint density at radius 2 is 1.92 bits per heavy atom. The van der Waals surface area contributed by atoms with E-state index < -0.39 is 48.2 Å². The molecule has 0 radical (unpaired) electrons. The summed E-state index contributed by atoms with van der Waals surface area (Å²) in [5.41, 5.74) is 16.3. The number of rotatable bonds is 10. The maximum atomic E-state index is 12.6. The first-order chi connectivity index (χ1) is 11.8. The van der Waals surface area contributed by atoms with Crippen LogP contribution in [0.2, 0.25) is 0 Å². The summed E-state index contributed by atoms with van der Waals surface area (Å²) in [4.78, 5) is 48.4. The highest BCUT2D eigenvalue weighted by atomic mass is 16.4. The molecule has 1 rings (SSSR count). The van der Waals surface area contributed by atoms with Gasteiger partial charge in [0.05, 0.1) is 12.5 Å². The maximum absolute atomic E-state index is 12.6. The third-order valence-corrected chi connectivity index (χ3v) is 4.15. The summed E-state index contributed by atoms with van der Waals surface area (Å²) in [5.74, 6) is -3.11. The Bertz CT molecular complexity index is 513. The lowest BCUT2D eigenvalue weighted by atomic mass is 10.1. The molecule has 8 N–H and O–H groups in total. The van der Waals surface area contributed by atoms with Crippen molar-refractivity contribution in [3.63, 3.8) is 0 Å². The molecule has 1 aliphatic rings. The van der Waals surface area contributed by atoms with Crippen molar-refractivity contribution in [2.24, 2.45) is 17.2 Å².